The van der Waals surface area contributed by atoms with Gasteiger partial charge in [-0.3, -0.25) is 9.79 Å². The Hall–Kier alpha value is -1.46. The number of allylic oxidation sites excluding steroid dienone is 1. The third-order valence-electron chi connectivity index (χ3n) is 6.50. The first kappa shape index (κ1) is 20.3. The number of halogens is 3. The van der Waals surface area contributed by atoms with Gasteiger partial charge in [-0.05, 0) is 70.3 Å². The Morgan fingerprint density at radius 1 is 1.37 bits per heavy atom. The van der Waals surface area contributed by atoms with E-state index in [-0.39, 0.29) is 29.9 Å². The maximum atomic E-state index is 14.9. The maximum Gasteiger partial charge on any atom is 0.248 e. The van der Waals surface area contributed by atoms with E-state index < -0.39 is 17.5 Å². The van der Waals surface area contributed by atoms with Gasteiger partial charge in [-0.2, -0.15) is 0 Å². The number of hydrogen-bond acceptors (Lipinski definition) is 3. The lowest BCUT2D eigenvalue weighted by atomic mass is 9.74. The van der Waals surface area contributed by atoms with Crippen molar-refractivity contribution in [1.29, 1.82) is 0 Å². The normalized spacial score (nSPS) is 34.3. The lowest BCUT2D eigenvalue weighted by Gasteiger charge is -2.35. The van der Waals surface area contributed by atoms with Crippen LogP contribution in [-0.2, 0) is 4.79 Å². The summed E-state index contributed by atoms with van der Waals surface area (Å²) in [6.07, 6.45) is 3.88. The number of Topliss-reactive ketones (excluding diaryl/α,β-unsaturated/α-hetero) is 1. The van der Waals surface area contributed by atoms with Crippen molar-refractivity contribution in [2.45, 2.75) is 76.8 Å². The van der Waals surface area contributed by atoms with Gasteiger partial charge >= 0.3 is 0 Å². The number of carbonyl (C=O) groups is 1. The van der Waals surface area contributed by atoms with E-state index in [4.69, 9.17) is 0 Å². The summed E-state index contributed by atoms with van der Waals surface area (Å²) in [6.45, 7) is 6.80. The number of nitrogens with zero attached hydrogens (tertiary/aromatic N) is 2. The molecule has 0 saturated heterocycles. The number of rotatable bonds is 5. The Morgan fingerprint density at radius 2 is 2.11 bits per heavy atom. The van der Waals surface area contributed by atoms with E-state index in [0.717, 1.165) is 25.5 Å². The number of amidine groups is 1. The first-order chi connectivity index (χ1) is 12.6. The zero-order valence-corrected chi connectivity index (χ0v) is 16.2. The van der Waals surface area contributed by atoms with E-state index in [1.54, 1.807) is 6.92 Å². The molecule has 2 saturated carbocycles. The van der Waals surface area contributed by atoms with E-state index in [0.29, 0.717) is 44.2 Å². The van der Waals surface area contributed by atoms with Gasteiger partial charge in [0.25, 0.3) is 0 Å². The summed E-state index contributed by atoms with van der Waals surface area (Å²) in [5.74, 6) is -3.39. The fourth-order valence-electron chi connectivity index (χ4n) is 4.68. The predicted octanol–water partition coefficient (Wildman–Crippen LogP) is 5.34. The minimum Gasteiger partial charge on any atom is -0.291 e. The largest absolute Gasteiger partial charge is 0.291 e. The average molecular weight is 382 g/mol. The molecule has 2 aliphatic carbocycles. The smallest absolute Gasteiger partial charge is 0.248 e. The molecule has 0 spiro atoms. The molecular formula is C21H29F3N2O. The van der Waals surface area contributed by atoms with Gasteiger partial charge < -0.3 is 0 Å². The highest BCUT2D eigenvalue weighted by Gasteiger charge is 2.41. The number of fused-ring (bicyclic) bond motifs is 1. The number of alkyl halides is 3. The molecule has 0 radical (unpaired) electrons. The Morgan fingerprint density at radius 3 is 2.78 bits per heavy atom. The minimum absolute atomic E-state index is 0.0249. The summed E-state index contributed by atoms with van der Waals surface area (Å²) in [6, 6.07) is 0. The molecular weight excluding hydrogens is 353 g/mol. The SMILES string of the molecule is C=C(C)C1(F)CCCC(CC(=O)C2=NCC3CC(C(C)(F)F)CCC3=N2)C1. The third-order valence-corrected chi connectivity index (χ3v) is 6.50. The van der Waals surface area contributed by atoms with Gasteiger partial charge in [-0.15, -0.1) is 0 Å². The monoisotopic (exact) mass is 382 g/mol. The van der Waals surface area contributed by atoms with Crippen LogP contribution in [0.2, 0.25) is 0 Å². The molecule has 0 N–H and O–H groups in total. The van der Waals surface area contributed by atoms with Crippen molar-refractivity contribution in [3.63, 3.8) is 0 Å². The van der Waals surface area contributed by atoms with Gasteiger partial charge in [-0.1, -0.05) is 6.58 Å². The Balaban J connectivity index is 1.60. The molecule has 0 aromatic carbocycles. The highest BCUT2D eigenvalue weighted by molar-refractivity contribution is 6.41. The molecule has 0 aromatic rings. The Labute approximate surface area is 159 Å². The molecule has 0 aromatic heterocycles. The van der Waals surface area contributed by atoms with E-state index in [9.17, 15) is 18.0 Å². The summed E-state index contributed by atoms with van der Waals surface area (Å²) >= 11 is 0. The minimum atomic E-state index is -2.69. The van der Waals surface area contributed by atoms with Gasteiger partial charge in [0.2, 0.25) is 5.92 Å². The van der Waals surface area contributed by atoms with Gasteiger partial charge in [0.1, 0.15) is 5.67 Å². The zero-order chi connectivity index (χ0) is 19.8. The molecule has 0 bridgehead atoms. The second-order valence-electron chi connectivity index (χ2n) is 8.73. The summed E-state index contributed by atoms with van der Waals surface area (Å²) in [5.41, 5.74) is -0.0142. The summed E-state index contributed by atoms with van der Waals surface area (Å²) in [4.78, 5) is 21.4. The zero-order valence-electron chi connectivity index (χ0n) is 16.2. The number of ketones is 1. The summed E-state index contributed by atoms with van der Waals surface area (Å²) in [7, 11) is 0. The Kier molecular flexibility index (Phi) is 5.64. The van der Waals surface area contributed by atoms with E-state index >= 15 is 0 Å². The highest BCUT2D eigenvalue weighted by atomic mass is 19.3. The van der Waals surface area contributed by atoms with Crippen LogP contribution in [0.3, 0.4) is 0 Å². The molecule has 1 aliphatic heterocycles. The van der Waals surface area contributed by atoms with Crippen molar-refractivity contribution >= 4 is 17.3 Å². The van der Waals surface area contributed by atoms with E-state index in [1.165, 1.54) is 0 Å². The molecule has 2 fully saturated rings. The number of hydrogen-bond donors (Lipinski definition) is 0. The second kappa shape index (κ2) is 7.51. The van der Waals surface area contributed by atoms with Crippen LogP contribution < -0.4 is 0 Å². The molecule has 3 aliphatic rings. The van der Waals surface area contributed by atoms with Crippen LogP contribution in [0.25, 0.3) is 0 Å². The topological polar surface area (TPSA) is 41.8 Å². The quantitative estimate of drug-likeness (QED) is 0.591. The third kappa shape index (κ3) is 4.52. The second-order valence-corrected chi connectivity index (χ2v) is 8.73. The summed E-state index contributed by atoms with van der Waals surface area (Å²) < 4.78 is 42.0. The molecule has 150 valence electrons. The molecule has 6 heteroatoms. The average Bonchev–Trinajstić information content (AvgIpc) is 2.60. The first-order valence-electron chi connectivity index (χ1n) is 9.96. The van der Waals surface area contributed by atoms with Gasteiger partial charge in [0.15, 0.2) is 11.6 Å². The molecule has 3 rings (SSSR count). The van der Waals surface area contributed by atoms with Gasteiger partial charge in [-0.25, -0.2) is 18.2 Å². The maximum absolute atomic E-state index is 14.9. The molecule has 0 amide bonds. The van der Waals surface area contributed by atoms with Crippen molar-refractivity contribution < 1.29 is 18.0 Å². The van der Waals surface area contributed by atoms with Crippen LogP contribution in [0.5, 0.6) is 0 Å². The van der Waals surface area contributed by atoms with E-state index in [1.807, 2.05) is 0 Å². The molecule has 1 heterocycles. The fourth-order valence-corrected chi connectivity index (χ4v) is 4.68. The number of carbonyl (C=O) groups excluding carboxylic acids is 1. The lowest BCUT2D eigenvalue weighted by Crippen LogP contribution is -2.38. The van der Waals surface area contributed by atoms with Crippen LogP contribution in [0.15, 0.2) is 22.1 Å². The van der Waals surface area contributed by atoms with Crippen molar-refractivity contribution in [3.8, 4) is 0 Å². The van der Waals surface area contributed by atoms with Crippen molar-refractivity contribution in [3.05, 3.63) is 12.2 Å². The van der Waals surface area contributed by atoms with Crippen molar-refractivity contribution in [1.82, 2.24) is 0 Å². The fraction of sp³-hybridized carbons (Fsp3) is 0.762. The van der Waals surface area contributed by atoms with Gasteiger partial charge in [0.05, 0.1) is 0 Å². The Bertz CT molecular complexity index is 679. The predicted molar refractivity (Wildman–Crippen MR) is 101 cm³/mol. The van der Waals surface area contributed by atoms with Crippen molar-refractivity contribution in [2.24, 2.45) is 27.7 Å². The van der Waals surface area contributed by atoms with Crippen LogP contribution in [-0.4, -0.2) is 35.5 Å². The van der Waals surface area contributed by atoms with Crippen LogP contribution in [0.1, 0.15) is 65.2 Å². The molecule has 3 nitrogen and oxygen atoms in total. The molecule has 4 atom stereocenters. The first-order valence-corrected chi connectivity index (χ1v) is 9.96. The van der Waals surface area contributed by atoms with Crippen molar-refractivity contribution in [2.75, 3.05) is 6.54 Å². The van der Waals surface area contributed by atoms with Gasteiger partial charge in [0, 0.05) is 30.5 Å². The standard InChI is InChI=1S/C21H29F3N2O/c1-13(2)21(24)8-4-5-14(11-21)9-18(27)19-25-12-15-10-16(20(3,22)23)6-7-17(15)26-19/h14-16H,1,4-12H2,2-3H3. The summed E-state index contributed by atoms with van der Waals surface area (Å²) in [5, 5.41) is 0. The van der Waals surface area contributed by atoms with Crippen LogP contribution in [0, 0.1) is 17.8 Å². The lowest BCUT2D eigenvalue weighted by molar-refractivity contribution is -0.114. The van der Waals surface area contributed by atoms with Crippen LogP contribution in [0.4, 0.5) is 13.2 Å². The van der Waals surface area contributed by atoms with E-state index in [2.05, 4.69) is 16.6 Å². The molecule has 27 heavy (non-hydrogen) atoms. The highest BCUT2D eigenvalue weighted by Crippen LogP contribution is 2.42. The molecule has 4 unspecified atom stereocenters. The number of aliphatic imine (C=N–C) groups is 2. The van der Waals surface area contributed by atoms with Crippen LogP contribution >= 0.6 is 0 Å².